The summed E-state index contributed by atoms with van der Waals surface area (Å²) in [5.74, 6) is -1.93. The van der Waals surface area contributed by atoms with E-state index in [0.29, 0.717) is 6.07 Å². The summed E-state index contributed by atoms with van der Waals surface area (Å²) in [5, 5.41) is 0. The van der Waals surface area contributed by atoms with Gasteiger partial charge in [0.1, 0.15) is 16.5 Å². The lowest BCUT2D eigenvalue weighted by atomic mass is 10.2. The molecule has 0 heterocycles. The smallest absolute Gasteiger partial charge is 0.210 e. The average molecular weight is 340 g/mol. The fourth-order valence-corrected chi connectivity index (χ4v) is 3.88. The molecule has 0 spiro atoms. The Kier molecular flexibility index (Phi) is 3.50. The molecular weight excluding hydrogens is 328 g/mol. The van der Waals surface area contributed by atoms with Gasteiger partial charge >= 0.3 is 0 Å². The van der Waals surface area contributed by atoms with Crippen molar-refractivity contribution in [3.63, 3.8) is 0 Å². The third kappa shape index (κ3) is 2.89. The topological polar surface area (TPSA) is 46.2 Å². The number of nitrogens with one attached hydrogen (secondary N) is 1. The highest BCUT2D eigenvalue weighted by Crippen LogP contribution is 2.44. The molecule has 100 valence electrons. The average Bonchev–Trinajstić information content (AvgIpc) is 2.92. The molecule has 0 atom stereocenters. The molecule has 0 aromatic heterocycles. The molecule has 0 radical (unpaired) electrons. The van der Waals surface area contributed by atoms with Crippen LogP contribution in [0.3, 0.4) is 0 Å². The van der Waals surface area contributed by atoms with Crippen LogP contribution >= 0.6 is 15.9 Å². The van der Waals surface area contributed by atoms with Crippen LogP contribution in [0.5, 0.6) is 0 Å². The van der Waals surface area contributed by atoms with Crippen molar-refractivity contribution in [1.29, 1.82) is 0 Å². The molecule has 0 aliphatic heterocycles. The summed E-state index contributed by atoms with van der Waals surface area (Å²) in [5.41, 5.74) is -0.0317. The van der Waals surface area contributed by atoms with Crippen molar-refractivity contribution >= 4 is 26.0 Å². The molecule has 1 saturated carbocycles. The van der Waals surface area contributed by atoms with E-state index < -0.39 is 26.6 Å². The monoisotopic (exact) mass is 339 g/mol. The SMILES string of the molecule is CC1(CNS(=O)(=O)c2c(F)cc(F)cc2Br)CC1. The van der Waals surface area contributed by atoms with Crippen LogP contribution in [-0.4, -0.2) is 15.0 Å². The molecule has 1 aromatic carbocycles. The van der Waals surface area contributed by atoms with Crippen LogP contribution in [-0.2, 0) is 10.0 Å². The summed E-state index contributed by atoms with van der Waals surface area (Å²) in [4.78, 5) is -0.548. The minimum Gasteiger partial charge on any atom is -0.210 e. The number of rotatable bonds is 4. The van der Waals surface area contributed by atoms with Gasteiger partial charge in [-0.25, -0.2) is 21.9 Å². The van der Waals surface area contributed by atoms with Crippen molar-refractivity contribution in [2.75, 3.05) is 6.54 Å². The van der Waals surface area contributed by atoms with E-state index in [2.05, 4.69) is 20.7 Å². The second-order valence-electron chi connectivity index (χ2n) is 4.83. The molecule has 1 aliphatic rings. The van der Waals surface area contributed by atoms with E-state index in [9.17, 15) is 17.2 Å². The largest absolute Gasteiger partial charge is 0.244 e. The number of halogens is 3. The molecule has 2 rings (SSSR count). The van der Waals surface area contributed by atoms with Crippen molar-refractivity contribution in [1.82, 2.24) is 4.72 Å². The van der Waals surface area contributed by atoms with E-state index in [-0.39, 0.29) is 16.4 Å². The first-order chi connectivity index (χ1) is 8.23. The maximum atomic E-state index is 13.6. The Morgan fingerprint density at radius 2 is 2.00 bits per heavy atom. The molecule has 1 fully saturated rings. The Labute approximate surface area is 113 Å². The summed E-state index contributed by atoms with van der Waals surface area (Å²) in [6.45, 7) is 2.21. The van der Waals surface area contributed by atoms with E-state index in [0.717, 1.165) is 18.9 Å². The van der Waals surface area contributed by atoms with Crippen molar-refractivity contribution in [2.24, 2.45) is 5.41 Å². The quantitative estimate of drug-likeness (QED) is 0.916. The first kappa shape index (κ1) is 13.9. The van der Waals surface area contributed by atoms with E-state index in [1.165, 1.54) is 0 Å². The molecule has 1 aromatic rings. The Balaban J connectivity index is 2.29. The minimum absolute atomic E-state index is 0.0317. The zero-order chi connectivity index (χ0) is 13.6. The van der Waals surface area contributed by atoms with Crippen molar-refractivity contribution in [3.05, 3.63) is 28.2 Å². The van der Waals surface area contributed by atoms with Crippen molar-refractivity contribution in [2.45, 2.75) is 24.7 Å². The second-order valence-corrected chi connectivity index (χ2v) is 7.39. The molecule has 1 N–H and O–H groups in total. The normalized spacial score (nSPS) is 17.8. The van der Waals surface area contributed by atoms with E-state index in [1.54, 1.807) is 0 Å². The van der Waals surface area contributed by atoms with E-state index >= 15 is 0 Å². The number of benzene rings is 1. The van der Waals surface area contributed by atoms with Crippen LogP contribution in [0.2, 0.25) is 0 Å². The van der Waals surface area contributed by atoms with E-state index in [1.807, 2.05) is 6.92 Å². The van der Waals surface area contributed by atoms with Crippen molar-refractivity contribution < 1.29 is 17.2 Å². The molecule has 0 bridgehead atoms. The molecule has 7 heteroatoms. The van der Waals surface area contributed by atoms with Gasteiger partial charge in [-0.2, -0.15) is 0 Å². The first-order valence-corrected chi connectivity index (χ1v) is 7.65. The van der Waals surface area contributed by atoms with Crippen molar-refractivity contribution in [3.8, 4) is 0 Å². The molecule has 3 nitrogen and oxygen atoms in total. The molecule has 0 unspecified atom stereocenters. The standard InChI is InChI=1S/C11H12BrF2NO2S/c1-11(2-3-11)6-15-18(16,17)10-8(12)4-7(13)5-9(10)14/h4-5,15H,2-3,6H2,1H3. The minimum atomic E-state index is -3.97. The summed E-state index contributed by atoms with van der Waals surface area (Å²) < 4.78 is 52.6. The Hall–Kier alpha value is -0.530. The Morgan fingerprint density at radius 1 is 1.39 bits per heavy atom. The van der Waals surface area contributed by atoms with E-state index in [4.69, 9.17) is 0 Å². The predicted molar refractivity (Wildman–Crippen MR) is 66.6 cm³/mol. The van der Waals surface area contributed by atoms with Gasteiger partial charge < -0.3 is 0 Å². The zero-order valence-electron chi connectivity index (χ0n) is 9.63. The predicted octanol–water partition coefficient (Wildman–Crippen LogP) is 2.81. The lowest BCUT2D eigenvalue weighted by Gasteiger charge is -2.12. The highest BCUT2D eigenvalue weighted by Gasteiger charge is 2.38. The lowest BCUT2D eigenvalue weighted by Crippen LogP contribution is -2.30. The van der Waals surface area contributed by atoms with Crippen LogP contribution < -0.4 is 4.72 Å². The highest BCUT2D eigenvalue weighted by molar-refractivity contribution is 9.10. The maximum absolute atomic E-state index is 13.6. The van der Waals surface area contributed by atoms with Gasteiger partial charge in [-0.15, -0.1) is 0 Å². The van der Waals surface area contributed by atoms with Gasteiger partial charge in [-0.3, -0.25) is 0 Å². The summed E-state index contributed by atoms with van der Waals surface area (Å²) in [6, 6.07) is 1.48. The number of hydrogen-bond donors (Lipinski definition) is 1. The Morgan fingerprint density at radius 3 is 2.50 bits per heavy atom. The van der Waals surface area contributed by atoms with Crippen LogP contribution in [0, 0.1) is 17.0 Å². The number of hydrogen-bond acceptors (Lipinski definition) is 2. The van der Waals surface area contributed by atoms with Crippen LogP contribution in [0.25, 0.3) is 0 Å². The second kappa shape index (κ2) is 4.54. The van der Waals surface area contributed by atoms with Gasteiger partial charge in [0.2, 0.25) is 10.0 Å². The molecule has 1 aliphatic carbocycles. The lowest BCUT2D eigenvalue weighted by molar-refractivity contribution is 0.517. The molecular formula is C11H12BrF2NO2S. The third-order valence-electron chi connectivity index (χ3n) is 3.02. The summed E-state index contributed by atoms with van der Waals surface area (Å²) in [7, 11) is -3.97. The summed E-state index contributed by atoms with van der Waals surface area (Å²) >= 11 is 2.87. The van der Waals surface area contributed by atoms with Gasteiger partial charge in [0.05, 0.1) is 0 Å². The van der Waals surface area contributed by atoms with Gasteiger partial charge in [-0.05, 0) is 40.3 Å². The first-order valence-electron chi connectivity index (χ1n) is 5.38. The molecule has 18 heavy (non-hydrogen) atoms. The maximum Gasteiger partial charge on any atom is 0.244 e. The van der Waals surface area contributed by atoms with Gasteiger partial charge in [0.25, 0.3) is 0 Å². The highest BCUT2D eigenvalue weighted by atomic mass is 79.9. The van der Waals surface area contributed by atoms with Gasteiger partial charge in [-0.1, -0.05) is 6.92 Å². The number of sulfonamides is 1. The van der Waals surface area contributed by atoms with Crippen LogP contribution in [0.15, 0.2) is 21.5 Å². The van der Waals surface area contributed by atoms with Gasteiger partial charge in [0.15, 0.2) is 0 Å². The zero-order valence-corrected chi connectivity index (χ0v) is 12.0. The molecule has 0 amide bonds. The fourth-order valence-electron chi connectivity index (χ4n) is 1.52. The Bertz CT molecular complexity index is 562. The fraction of sp³-hybridized carbons (Fsp3) is 0.455. The molecule has 0 saturated heterocycles. The van der Waals surface area contributed by atoms with Crippen LogP contribution in [0.4, 0.5) is 8.78 Å². The summed E-state index contributed by atoms with van der Waals surface area (Å²) in [6.07, 6.45) is 1.89. The van der Waals surface area contributed by atoms with Gasteiger partial charge in [0, 0.05) is 17.1 Å². The third-order valence-corrected chi connectivity index (χ3v) is 5.39. The van der Waals surface area contributed by atoms with Crippen LogP contribution in [0.1, 0.15) is 19.8 Å².